The molecule has 0 spiro atoms. The van der Waals surface area contributed by atoms with Crippen molar-refractivity contribution in [3.8, 4) is 5.75 Å². The molecule has 0 bridgehead atoms. The van der Waals surface area contributed by atoms with Crippen molar-refractivity contribution in [3.63, 3.8) is 0 Å². The average Bonchev–Trinajstić information content (AvgIpc) is 2.34. The van der Waals surface area contributed by atoms with E-state index in [-0.39, 0.29) is 11.0 Å². The highest BCUT2D eigenvalue weighted by molar-refractivity contribution is 5.79. The number of benzene rings is 1. The number of fused-ring (bicyclic) bond motifs is 1. The zero-order valence-electron chi connectivity index (χ0n) is 10.3. The molecular weight excluding hydrogens is 236 g/mol. The molecule has 94 valence electrons. The fourth-order valence-electron chi connectivity index (χ4n) is 1.51. The van der Waals surface area contributed by atoms with Crippen LogP contribution in [0.2, 0.25) is 0 Å². The van der Waals surface area contributed by atoms with Crippen LogP contribution >= 0.6 is 0 Å². The predicted octanol–water partition coefficient (Wildman–Crippen LogP) is 1.21. The van der Waals surface area contributed by atoms with Gasteiger partial charge in [0.25, 0.3) is 5.56 Å². The van der Waals surface area contributed by atoms with Crippen LogP contribution in [0.5, 0.6) is 5.75 Å². The zero-order valence-corrected chi connectivity index (χ0v) is 10.3. The van der Waals surface area contributed by atoms with Gasteiger partial charge in [-0.25, -0.2) is 4.79 Å². The second-order valence-corrected chi connectivity index (χ2v) is 3.89. The monoisotopic (exact) mass is 248 g/mol. The van der Waals surface area contributed by atoms with Crippen molar-refractivity contribution in [1.82, 2.24) is 4.68 Å². The van der Waals surface area contributed by atoms with Gasteiger partial charge in [0, 0.05) is 5.71 Å². The van der Waals surface area contributed by atoms with Crippen LogP contribution in [0.4, 0.5) is 0 Å². The van der Waals surface area contributed by atoms with E-state index in [9.17, 15) is 9.59 Å². The highest BCUT2D eigenvalue weighted by atomic mass is 16.5. The lowest BCUT2D eigenvalue weighted by atomic mass is 10.2. The molecule has 0 radical (unpaired) electrons. The fourth-order valence-corrected chi connectivity index (χ4v) is 1.51. The van der Waals surface area contributed by atoms with Gasteiger partial charge in [-0.3, -0.25) is 4.79 Å². The first kappa shape index (κ1) is 12.1. The lowest BCUT2D eigenvalue weighted by molar-refractivity contribution is 0.414. The van der Waals surface area contributed by atoms with E-state index >= 15 is 0 Å². The van der Waals surface area contributed by atoms with E-state index < -0.39 is 11.3 Å². The third-order valence-electron chi connectivity index (χ3n) is 2.28. The number of methoxy groups -OCH3 is 1. The Hall–Kier alpha value is -2.37. The molecule has 0 atom stereocenters. The van der Waals surface area contributed by atoms with Crippen molar-refractivity contribution in [1.29, 1.82) is 0 Å². The van der Waals surface area contributed by atoms with Gasteiger partial charge >= 0.3 is 5.76 Å². The topological polar surface area (TPSA) is 73.8 Å². The zero-order chi connectivity index (χ0) is 13.3. The second-order valence-electron chi connectivity index (χ2n) is 3.89. The van der Waals surface area contributed by atoms with E-state index in [2.05, 4.69) is 5.10 Å². The molecule has 1 heterocycles. The van der Waals surface area contributed by atoms with Crippen LogP contribution < -0.4 is 16.1 Å². The van der Waals surface area contributed by atoms with Crippen molar-refractivity contribution >= 4 is 16.7 Å². The summed E-state index contributed by atoms with van der Waals surface area (Å²) in [5, 5.41) is 4.09. The average molecular weight is 248 g/mol. The number of nitrogens with zero attached hydrogens (tertiary/aromatic N) is 2. The molecule has 0 fully saturated rings. The molecule has 1 aromatic heterocycles. The maximum Gasteiger partial charge on any atom is 0.443 e. The highest BCUT2D eigenvalue weighted by Crippen LogP contribution is 2.16. The Morgan fingerprint density at radius 1 is 1.33 bits per heavy atom. The van der Waals surface area contributed by atoms with E-state index in [4.69, 9.17) is 9.15 Å². The number of ether oxygens (including phenoxy) is 1. The largest absolute Gasteiger partial charge is 0.497 e. The van der Waals surface area contributed by atoms with Crippen LogP contribution in [0.25, 0.3) is 11.0 Å². The number of hydrogen-bond donors (Lipinski definition) is 0. The Bertz CT molecular complexity index is 736. The Balaban J connectivity index is 2.87. The van der Waals surface area contributed by atoms with Crippen LogP contribution in [-0.2, 0) is 0 Å². The summed E-state index contributed by atoms with van der Waals surface area (Å²) in [6.07, 6.45) is 0. The first-order valence-electron chi connectivity index (χ1n) is 5.29. The van der Waals surface area contributed by atoms with Crippen molar-refractivity contribution < 1.29 is 9.15 Å². The number of aromatic nitrogens is 1. The summed E-state index contributed by atoms with van der Waals surface area (Å²) in [6.45, 7) is 3.36. The molecule has 0 saturated carbocycles. The molecule has 6 heteroatoms. The first-order valence-corrected chi connectivity index (χ1v) is 5.29. The van der Waals surface area contributed by atoms with Crippen LogP contribution in [-0.4, -0.2) is 17.5 Å². The quantitative estimate of drug-likeness (QED) is 0.748. The Morgan fingerprint density at radius 2 is 2.06 bits per heavy atom. The molecule has 0 N–H and O–H groups in total. The minimum absolute atomic E-state index is 0.214. The highest BCUT2D eigenvalue weighted by Gasteiger charge is 2.10. The summed E-state index contributed by atoms with van der Waals surface area (Å²) in [6, 6.07) is 4.64. The van der Waals surface area contributed by atoms with E-state index in [0.29, 0.717) is 16.1 Å². The predicted molar refractivity (Wildman–Crippen MR) is 67.5 cm³/mol. The minimum Gasteiger partial charge on any atom is -0.497 e. The summed E-state index contributed by atoms with van der Waals surface area (Å²) in [7, 11) is 1.49. The van der Waals surface area contributed by atoms with Gasteiger partial charge in [-0.2, -0.15) is 5.10 Å². The molecule has 0 aliphatic carbocycles. The summed E-state index contributed by atoms with van der Waals surface area (Å²) >= 11 is 0. The third kappa shape index (κ3) is 2.04. The number of rotatable bonds is 2. The fraction of sp³-hybridized carbons (Fsp3) is 0.250. The van der Waals surface area contributed by atoms with Crippen LogP contribution in [0, 0.1) is 0 Å². The smallest absolute Gasteiger partial charge is 0.443 e. The third-order valence-corrected chi connectivity index (χ3v) is 2.28. The molecule has 0 aliphatic heterocycles. The van der Waals surface area contributed by atoms with Crippen molar-refractivity contribution in [3.05, 3.63) is 39.1 Å². The van der Waals surface area contributed by atoms with Gasteiger partial charge in [-0.15, -0.1) is 4.68 Å². The summed E-state index contributed by atoms with van der Waals surface area (Å²) in [5.41, 5.74) is 0.263. The van der Waals surface area contributed by atoms with Gasteiger partial charge in [-0.05, 0) is 32.0 Å². The number of hydrogen-bond acceptors (Lipinski definition) is 5. The maximum absolute atomic E-state index is 12.1. The van der Waals surface area contributed by atoms with Crippen LogP contribution in [0.15, 0.2) is 37.3 Å². The lowest BCUT2D eigenvalue weighted by Crippen LogP contribution is -2.29. The summed E-state index contributed by atoms with van der Waals surface area (Å²) < 4.78 is 10.7. The Kier molecular flexibility index (Phi) is 3.01. The molecule has 18 heavy (non-hydrogen) atoms. The Labute approximate surface area is 102 Å². The van der Waals surface area contributed by atoms with Gasteiger partial charge in [0.15, 0.2) is 0 Å². The van der Waals surface area contributed by atoms with E-state index in [1.807, 2.05) is 0 Å². The SMILES string of the molecule is COc1ccc2oc(=O)n(N=C(C)C)c(=O)c2c1. The van der Waals surface area contributed by atoms with Gasteiger partial charge in [-0.1, -0.05) is 0 Å². The maximum atomic E-state index is 12.1. The standard InChI is InChI=1S/C12H12N2O4/c1-7(2)13-14-11(15)9-6-8(17-3)4-5-10(9)18-12(14)16/h4-6H,1-3H3. The molecule has 0 unspecified atom stereocenters. The van der Waals surface area contributed by atoms with E-state index in [1.54, 1.807) is 19.9 Å². The summed E-state index contributed by atoms with van der Waals surface area (Å²) in [4.78, 5) is 23.7. The Morgan fingerprint density at radius 3 is 2.67 bits per heavy atom. The van der Waals surface area contributed by atoms with Crippen molar-refractivity contribution in [2.45, 2.75) is 13.8 Å². The van der Waals surface area contributed by atoms with Gasteiger partial charge in [0.1, 0.15) is 11.3 Å². The summed E-state index contributed by atoms with van der Waals surface area (Å²) in [5.74, 6) is -0.295. The molecule has 6 nitrogen and oxygen atoms in total. The van der Waals surface area contributed by atoms with Crippen LogP contribution in [0.3, 0.4) is 0 Å². The van der Waals surface area contributed by atoms with Gasteiger partial charge in [0.05, 0.1) is 12.5 Å². The van der Waals surface area contributed by atoms with Gasteiger partial charge < -0.3 is 9.15 Å². The van der Waals surface area contributed by atoms with E-state index in [1.165, 1.54) is 19.2 Å². The van der Waals surface area contributed by atoms with Crippen molar-refractivity contribution in [2.75, 3.05) is 7.11 Å². The molecule has 0 aliphatic rings. The lowest BCUT2D eigenvalue weighted by Gasteiger charge is -2.02. The molecule has 2 aromatic rings. The first-order chi connectivity index (χ1) is 8.52. The molecule has 0 saturated heterocycles. The molecular formula is C12H12N2O4. The normalized spacial score (nSPS) is 10.4. The van der Waals surface area contributed by atoms with E-state index in [0.717, 1.165) is 0 Å². The molecule has 0 amide bonds. The minimum atomic E-state index is -0.807. The molecule has 2 rings (SSSR count). The second kappa shape index (κ2) is 4.48. The van der Waals surface area contributed by atoms with Crippen LogP contribution in [0.1, 0.15) is 13.8 Å². The van der Waals surface area contributed by atoms with Crippen molar-refractivity contribution in [2.24, 2.45) is 5.10 Å². The molecule has 1 aromatic carbocycles. The van der Waals surface area contributed by atoms with Gasteiger partial charge in [0.2, 0.25) is 0 Å².